The van der Waals surface area contributed by atoms with Gasteiger partial charge < -0.3 is 10.4 Å². The van der Waals surface area contributed by atoms with E-state index in [1.54, 1.807) is 18.2 Å². The molecule has 0 bridgehead atoms. The number of alkyl halides is 3. The van der Waals surface area contributed by atoms with Crippen LogP contribution in [0.15, 0.2) is 48.5 Å². The van der Waals surface area contributed by atoms with E-state index in [0.717, 1.165) is 11.6 Å². The first kappa shape index (κ1) is 17.2. The molecular formula is C17H13ClF3N3O. The van der Waals surface area contributed by atoms with Gasteiger partial charge in [0, 0.05) is 28.9 Å². The van der Waals surface area contributed by atoms with Crippen molar-refractivity contribution in [2.24, 2.45) is 0 Å². The molecular weight excluding hydrogens is 355 g/mol. The minimum Gasteiger partial charge on any atom is -0.507 e. The molecule has 3 N–H and O–H groups in total. The lowest BCUT2D eigenvalue weighted by atomic mass is 10.1. The molecule has 1 aromatic heterocycles. The Morgan fingerprint density at radius 1 is 1.08 bits per heavy atom. The van der Waals surface area contributed by atoms with Crippen molar-refractivity contribution in [2.75, 3.05) is 5.32 Å². The van der Waals surface area contributed by atoms with Crippen LogP contribution in [-0.2, 0) is 12.7 Å². The van der Waals surface area contributed by atoms with Gasteiger partial charge >= 0.3 is 6.18 Å². The van der Waals surface area contributed by atoms with Crippen molar-refractivity contribution in [1.82, 2.24) is 10.2 Å². The summed E-state index contributed by atoms with van der Waals surface area (Å²) in [5.41, 5.74) is 0.891. The standard InChI is InChI=1S/C17H13ClF3N3O/c18-11-3-1-10(2-4-11)9-22-12-5-6-13(15(25)7-12)14-8-16(24-23-14)17(19,20)21/h1-8,22,25H,9H2,(H,23,24). The molecule has 3 rings (SSSR count). The Morgan fingerprint density at radius 3 is 2.40 bits per heavy atom. The molecule has 25 heavy (non-hydrogen) atoms. The third-order valence-corrected chi connectivity index (χ3v) is 3.82. The largest absolute Gasteiger partial charge is 0.507 e. The highest BCUT2D eigenvalue weighted by Crippen LogP contribution is 2.34. The summed E-state index contributed by atoms with van der Waals surface area (Å²) < 4.78 is 37.8. The number of phenolic OH excluding ortho intramolecular Hbond substituents is 1. The number of halogens is 4. The van der Waals surface area contributed by atoms with E-state index in [9.17, 15) is 18.3 Å². The molecule has 0 radical (unpaired) electrons. The monoisotopic (exact) mass is 367 g/mol. The molecule has 0 aliphatic carbocycles. The van der Waals surface area contributed by atoms with Gasteiger partial charge in [0.05, 0.1) is 5.69 Å². The number of anilines is 1. The van der Waals surface area contributed by atoms with Gasteiger partial charge in [0.1, 0.15) is 11.4 Å². The normalized spacial score (nSPS) is 11.5. The number of nitrogens with one attached hydrogen (secondary N) is 2. The predicted molar refractivity (Wildman–Crippen MR) is 89.5 cm³/mol. The molecule has 0 aliphatic heterocycles. The zero-order valence-electron chi connectivity index (χ0n) is 12.7. The summed E-state index contributed by atoms with van der Waals surface area (Å²) in [5.74, 6) is -0.165. The van der Waals surface area contributed by atoms with Gasteiger partial charge in [0.25, 0.3) is 0 Å². The maximum Gasteiger partial charge on any atom is 0.432 e. The fourth-order valence-corrected chi connectivity index (χ4v) is 2.40. The van der Waals surface area contributed by atoms with E-state index in [-0.39, 0.29) is 17.0 Å². The first-order valence-corrected chi connectivity index (χ1v) is 7.65. The van der Waals surface area contributed by atoms with Gasteiger partial charge in [-0.2, -0.15) is 18.3 Å². The van der Waals surface area contributed by atoms with Crippen molar-refractivity contribution in [3.63, 3.8) is 0 Å². The summed E-state index contributed by atoms with van der Waals surface area (Å²) in [7, 11) is 0. The first-order valence-electron chi connectivity index (χ1n) is 7.27. The summed E-state index contributed by atoms with van der Waals surface area (Å²) >= 11 is 5.82. The second-order valence-electron chi connectivity index (χ2n) is 5.38. The van der Waals surface area contributed by atoms with Gasteiger partial charge in [-0.25, -0.2) is 0 Å². The Kier molecular flexibility index (Phi) is 4.59. The number of H-pyrrole nitrogens is 1. The minimum atomic E-state index is -4.51. The maximum atomic E-state index is 12.6. The number of benzene rings is 2. The van der Waals surface area contributed by atoms with E-state index in [1.165, 1.54) is 12.1 Å². The fourth-order valence-electron chi connectivity index (χ4n) is 2.27. The Hall–Kier alpha value is -2.67. The van der Waals surface area contributed by atoms with Gasteiger partial charge in [-0.05, 0) is 35.9 Å². The predicted octanol–water partition coefficient (Wildman–Crippen LogP) is 5.07. The molecule has 130 valence electrons. The van der Waals surface area contributed by atoms with Gasteiger partial charge in [-0.3, -0.25) is 5.10 Å². The number of hydrogen-bond acceptors (Lipinski definition) is 3. The quantitative estimate of drug-likeness (QED) is 0.603. The molecule has 8 heteroatoms. The van der Waals surface area contributed by atoms with Gasteiger partial charge in [0.2, 0.25) is 0 Å². The van der Waals surface area contributed by atoms with E-state index in [2.05, 4.69) is 10.4 Å². The average Bonchev–Trinajstić information content (AvgIpc) is 3.04. The number of aromatic nitrogens is 2. The Bertz CT molecular complexity index is 876. The first-order chi connectivity index (χ1) is 11.8. The molecule has 3 aromatic rings. The Morgan fingerprint density at radius 2 is 1.80 bits per heavy atom. The molecule has 0 aliphatic rings. The van der Waals surface area contributed by atoms with Crippen LogP contribution in [0, 0.1) is 0 Å². The molecule has 0 unspecified atom stereocenters. The number of rotatable bonds is 4. The average molecular weight is 368 g/mol. The molecule has 1 heterocycles. The lowest BCUT2D eigenvalue weighted by Crippen LogP contribution is -2.04. The van der Waals surface area contributed by atoms with E-state index in [0.29, 0.717) is 17.3 Å². The maximum absolute atomic E-state index is 12.6. The SMILES string of the molecule is Oc1cc(NCc2ccc(Cl)cc2)ccc1-c1cc(C(F)(F)F)[nH]n1. The molecule has 0 spiro atoms. The van der Waals surface area contributed by atoms with Crippen LogP contribution in [-0.4, -0.2) is 15.3 Å². The van der Waals surface area contributed by atoms with Crippen LogP contribution >= 0.6 is 11.6 Å². The van der Waals surface area contributed by atoms with E-state index in [4.69, 9.17) is 11.6 Å². The molecule has 0 saturated heterocycles. The van der Waals surface area contributed by atoms with E-state index in [1.807, 2.05) is 17.2 Å². The van der Waals surface area contributed by atoms with Crippen LogP contribution in [0.2, 0.25) is 5.02 Å². The highest BCUT2D eigenvalue weighted by molar-refractivity contribution is 6.30. The van der Waals surface area contributed by atoms with Crippen LogP contribution in [0.25, 0.3) is 11.3 Å². The van der Waals surface area contributed by atoms with Gasteiger partial charge in [-0.15, -0.1) is 0 Å². The zero-order chi connectivity index (χ0) is 18.0. The van der Waals surface area contributed by atoms with Crippen LogP contribution in [0.1, 0.15) is 11.3 Å². The van der Waals surface area contributed by atoms with Crippen molar-refractivity contribution in [1.29, 1.82) is 0 Å². The number of phenols is 1. The lowest BCUT2D eigenvalue weighted by Gasteiger charge is -2.09. The second-order valence-corrected chi connectivity index (χ2v) is 5.81. The highest BCUT2D eigenvalue weighted by Gasteiger charge is 2.33. The van der Waals surface area contributed by atoms with Crippen molar-refractivity contribution in [3.8, 4) is 17.0 Å². The number of nitrogens with zero attached hydrogens (tertiary/aromatic N) is 1. The number of aromatic amines is 1. The number of aromatic hydroxyl groups is 1. The van der Waals surface area contributed by atoms with Crippen LogP contribution in [0.3, 0.4) is 0 Å². The molecule has 4 nitrogen and oxygen atoms in total. The summed E-state index contributed by atoms with van der Waals surface area (Å²) in [6.45, 7) is 0.510. The van der Waals surface area contributed by atoms with E-state index >= 15 is 0 Å². The smallest absolute Gasteiger partial charge is 0.432 e. The number of hydrogen-bond donors (Lipinski definition) is 3. The molecule has 0 atom stereocenters. The van der Waals surface area contributed by atoms with Crippen LogP contribution in [0.4, 0.5) is 18.9 Å². The highest BCUT2D eigenvalue weighted by atomic mass is 35.5. The Balaban J connectivity index is 1.74. The van der Waals surface area contributed by atoms with Crippen molar-refractivity contribution in [3.05, 3.63) is 64.8 Å². The van der Waals surface area contributed by atoms with Crippen molar-refractivity contribution < 1.29 is 18.3 Å². The summed E-state index contributed by atoms with van der Waals surface area (Å²) in [6, 6.07) is 12.7. The molecule has 0 saturated carbocycles. The molecule has 0 amide bonds. The van der Waals surface area contributed by atoms with Crippen molar-refractivity contribution >= 4 is 17.3 Å². The van der Waals surface area contributed by atoms with Gasteiger partial charge in [-0.1, -0.05) is 23.7 Å². The van der Waals surface area contributed by atoms with Crippen molar-refractivity contribution in [2.45, 2.75) is 12.7 Å². The summed E-state index contributed by atoms with van der Waals surface area (Å²) in [5, 5.41) is 19.4. The van der Waals surface area contributed by atoms with Gasteiger partial charge in [0.15, 0.2) is 0 Å². The van der Waals surface area contributed by atoms with Crippen LogP contribution in [0.5, 0.6) is 5.75 Å². The molecule has 0 fully saturated rings. The minimum absolute atomic E-state index is 0.0223. The third-order valence-electron chi connectivity index (χ3n) is 3.57. The lowest BCUT2D eigenvalue weighted by molar-refractivity contribution is -0.141. The Labute approximate surface area is 146 Å². The third kappa shape index (κ3) is 4.06. The van der Waals surface area contributed by atoms with Crippen LogP contribution < -0.4 is 5.32 Å². The zero-order valence-corrected chi connectivity index (χ0v) is 13.5. The fraction of sp³-hybridized carbons (Fsp3) is 0.118. The molecule has 2 aromatic carbocycles. The topological polar surface area (TPSA) is 60.9 Å². The summed E-state index contributed by atoms with van der Waals surface area (Å²) in [6.07, 6.45) is -4.51. The summed E-state index contributed by atoms with van der Waals surface area (Å²) in [4.78, 5) is 0. The van der Waals surface area contributed by atoms with E-state index < -0.39 is 11.9 Å². The second kappa shape index (κ2) is 6.68.